The number of hydrogen-bond donors (Lipinski definition) is 0. The monoisotopic (exact) mass is 1560 g/mol. The van der Waals surface area contributed by atoms with Crippen LogP contribution in [0.25, 0.3) is 203 Å². The van der Waals surface area contributed by atoms with E-state index in [1.54, 1.807) is 0 Å². The Kier molecular flexibility index (Phi) is 16.3. The normalized spacial score (nSPS) is 12.2. The zero-order chi connectivity index (χ0) is 80.8. The van der Waals surface area contributed by atoms with Crippen molar-refractivity contribution in [2.45, 2.75) is 40.0 Å². The van der Waals surface area contributed by atoms with Gasteiger partial charge in [0.15, 0.2) is 34.5 Å². The number of aromatic nitrogens is 6. The number of rotatable bonds is 9. The minimum atomic E-state index is 0.847. The predicted molar refractivity (Wildman–Crippen MR) is 504 cm³/mol. The Labute approximate surface area is 703 Å². The maximum Gasteiger partial charge on any atom is 0.153 e. The van der Waals surface area contributed by atoms with E-state index in [1.165, 1.54) is 136 Å². The number of ether oxygens (including phenoxy) is 3. The van der Waals surface area contributed by atoms with Crippen molar-refractivity contribution >= 4 is 119 Å². The summed E-state index contributed by atoms with van der Waals surface area (Å²) in [7, 11) is 0. The van der Waals surface area contributed by atoms with Crippen molar-refractivity contribution in [3.63, 3.8) is 0 Å². The highest BCUT2D eigenvalue weighted by Gasteiger charge is 2.31. The molecule has 0 saturated carbocycles. The zero-order valence-electron chi connectivity index (χ0n) is 67.2. The molecule has 26 rings (SSSR count). The molecule has 0 amide bonds. The SMILES string of the molecule is CCc1nc2cccc3c2n1-c1ccc(-c2c4ccccc4c(-c4ccc5ccccc5c4)c4ccccc24)cc1O3.CCc1nc2cccc3c2n1-c1ccc(-c2c4ccccc4c(-c4cccc5ccccc45)c4ccccc24)cc1O3.CCc1nc2cccc3c2n1-c1ccc(-c2c4ccccc4c(-c4ccccc4)c4ccccc24)cc1O3. The molecule has 0 unspecified atom stereocenters. The number of hydrogen-bond acceptors (Lipinski definition) is 6. The highest BCUT2D eigenvalue weighted by molar-refractivity contribution is 6.26. The highest BCUT2D eigenvalue weighted by Crippen LogP contribution is 2.53. The van der Waals surface area contributed by atoms with E-state index in [0.29, 0.717) is 0 Å². The summed E-state index contributed by atoms with van der Waals surface area (Å²) in [6.45, 7) is 6.47. The van der Waals surface area contributed by atoms with Gasteiger partial charge in [0.05, 0.1) is 33.6 Å². The lowest BCUT2D eigenvalue weighted by atomic mass is 9.84. The van der Waals surface area contributed by atoms with E-state index in [9.17, 15) is 0 Å². The molecule has 3 aliphatic heterocycles. The minimum absolute atomic E-state index is 0.847. The van der Waals surface area contributed by atoms with Crippen LogP contribution >= 0.6 is 0 Å². The number of nitrogens with zero attached hydrogens (tertiary/aromatic N) is 6. The van der Waals surface area contributed by atoms with E-state index in [-0.39, 0.29) is 0 Å². The first-order valence-corrected chi connectivity index (χ1v) is 42.2. The number of aryl methyl sites for hydroxylation is 3. The van der Waals surface area contributed by atoms with Crippen molar-refractivity contribution in [2.75, 3.05) is 0 Å². The molecule has 0 aliphatic carbocycles. The number of para-hydroxylation sites is 3. The molecule has 0 N–H and O–H groups in total. The van der Waals surface area contributed by atoms with Gasteiger partial charge >= 0.3 is 0 Å². The molecule has 20 aromatic carbocycles. The lowest BCUT2D eigenvalue weighted by molar-refractivity contribution is 0.474. The van der Waals surface area contributed by atoms with Gasteiger partial charge in [-0.1, -0.05) is 312 Å². The maximum absolute atomic E-state index is 6.57. The Bertz CT molecular complexity index is 8150. The van der Waals surface area contributed by atoms with Crippen LogP contribution in [0.2, 0.25) is 0 Å². The van der Waals surface area contributed by atoms with Crippen LogP contribution in [0.15, 0.2) is 370 Å². The molecule has 0 atom stereocenters. The molecule has 576 valence electrons. The van der Waals surface area contributed by atoms with Crippen LogP contribution in [0.5, 0.6) is 34.5 Å². The fourth-order valence-electron chi connectivity index (χ4n) is 20.0. The van der Waals surface area contributed by atoms with Crippen LogP contribution in [0, 0.1) is 0 Å². The largest absolute Gasteiger partial charge is 0.453 e. The predicted octanol–water partition coefficient (Wildman–Crippen LogP) is 30.3. The molecule has 9 nitrogen and oxygen atoms in total. The van der Waals surface area contributed by atoms with Crippen molar-refractivity contribution in [3.8, 4) is 118 Å². The lowest BCUT2D eigenvalue weighted by Gasteiger charge is -2.23. The van der Waals surface area contributed by atoms with Gasteiger partial charge in [-0.25, -0.2) is 15.0 Å². The van der Waals surface area contributed by atoms with Gasteiger partial charge in [0.1, 0.15) is 34.0 Å². The van der Waals surface area contributed by atoms with E-state index >= 15 is 0 Å². The molecular weight excluding hydrogens is 1490 g/mol. The number of imidazole rings is 3. The van der Waals surface area contributed by atoms with Crippen molar-refractivity contribution in [3.05, 3.63) is 388 Å². The van der Waals surface area contributed by atoms with Crippen LogP contribution in [-0.4, -0.2) is 28.7 Å². The van der Waals surface area contributed by atoms with Gasteiger partial charge in [0.2, 0.25) is 0 Å². The summed E-state index contributed by atoms with van der Waals surface area (Å²) in [5, 5.41) is 19.9. The van der Waals surface area contributed by atoms with Crippen LogP contribution in [-0.2, 0) is 19.3 Å². The zero-order valence-corrected chi connectivity index (χ0v) is 67.2. The summed E-state index contributed by atoms with van der Waals surface area (Å²) in [5.41, 5.74) is 23.8. The van der Waals surface area contributed by atoms with Crippen molar-refractivity contribution < 1.29 is 14.2 Å². The molecule has 23 aromatic rings. The third kappa shape index (κ3) is 11.0. The van der Waals surface area contributed by atoms with E-state index < -0.39 is 0 Å². The average molecular weight is 1570 g/mol. The van der Waals surface area contributed by atoms with Gasteiger partial charge in [-0.3, -0.25) is 13.7 Å². The summed E-state index contributed by atoms with van der Waals surface area (Å²) in [6.07, 6.45) is 2.55. The Hall–Kier alpha value is -15.7. The first kappa shape index (κ1) is 70.5. The fraction of sp³-hybridized carbons (Fsp3) is 0.0531. The van der Waals surface area contributed by atoms with Gasteiger partial charge in [0.25, 0.3) is 0 Å². The first-order valence-electron chi connectivity index (χ1n) is 42.2. The minimum Gasteiger partial charge on any atom is -0.453 e. The molecule has 0 spiro atoms. The molecule has 0 radical (unpaired) electrons. The van der Waals surface area contributed by atoms with Gasteiger partial charge in [-0.05, 0) is 232 Å². The molecule has 0 saturated heterocycles. The third-order valence-electron chi connectivity index (χ3n) is 25.2. The van der Waals surface area contributed by atoms with Crippen molar-refractivity contribution in [1.82, 2.24) is 28.7 Å². The molecule has 0 bridgehead atoms. The average Bonchev–Trinajstić information content (AvgIpc) is 1.38. The van der Waals surface area contributed by atoms with Crippen LogP contribution in [0.1, 0.15) is 38.2 Å². The summed E-state index contributed by atoms with van der Waals surface area (Å²) < 4.78 is 26.5. The topological polar surface area (TPSA) is 81.1 Å². The van der Waals surface area contributed by atoms with Gasteiger partial charge in [0, 0.05) is 19.3 Å². The van der Waals surface area contributed by atoms with Crippen LogP contribution in [0.4, 0.5) is 0 Å². The van der Waals surface area contributed by atoms with Gasteiger partial charge in [-0.15, -0.1) is 0 Å². The molecule has 122 heavy (non-hydrogen) atoms. The van der Waals surface area contributed by atoms with Crippen molar-refractivity contribution in [1.29, 1.82) is 0 Å². The highest BCUT2D eigenvalue weighted by atomic mass is 16.5. The molecule has 9 heteroatoms. The smallest absolute Gasteiger partial charge is 0.153 e. The second-order valence-corrected chi connectivity index (χ2v) is 31.9. The Morgan fingerprint density at radius 3 is 0.844 bits per heavy atom. The van der Waals surface area contributed by atoms with Crippen molar-refractivity contribution in [2.24, 2.45) is 0 Å². The quantitative estimate of drug-likeness (QED) is 0.134. The summed E-state index contributed by atoms with van der Waals surface area (Å²) >= 11 is 0. The summed E-state index contributed by atoms with van der Waals surface area (Å²) in [4.78, 5) is 14.7. The third-order valence-corrected chi connectivity index (χ3v) is 25.2. The van der Waals surface area contributed by atoms with E-state index in [2.05, 4.69) is 368 Å². The van der Waals surface area contributed by atoms with E-state index in [0.717, 1.165) is 138 Å². The number of fused-ring (bicyclic) bond motifs is 14. The Balaban J connectivity index is 0.000000104. The molecule has 3 aliphatic rings. The standard InChI is InChI=1S/2C39H26N2O.C35H24N2O/c1-2-36-40-32-19-10-20-34-39(32)41(36)33-22-21-25(23-35(33)42-34)37-28-14-5-7-16-30(28)38(31-17-8-6-15-29(31)37)27-18-9-12-24-11-3-4-13-26(24)27;1-2-36-40-32-16-9-17-34-39(32)41(36)33-21-20-27(23-35(33)42-34)38-30-14-7-5-12-28(30)37(29-13-6-8-15-31(29)38)26-19-18-24-10-3-4-11-25(24)22-26;1-2-32-36-28-17-10-18-30-35(28)37(32)29-20-19-23(21-31(29)38-30)34-26-15-8-6-13-24(26)33(22-11-4-3-5-12-22)25-14-7-9-16-27(25)34/h2*3-23H,2H2,1H3;3-21H,2H2,1H3. The second-order valence-electron chi connectivity index (χ2n) is 31.9. The molecule has 3 aromatic heterocycles. The van der Waals surface area contributed by atoms with Gasteiger partial charge in [-0.2, -0.15) is 0 Å². The van der Waals surface area contributed by atoms with Gasteiger partial charge < -0.3 is 14.2 Å². The second kappa shape index (κ2) is 28.3. The number of benzene rings is 20. The summed E-state index contributed by atoms with van der Waals surface area (Å²) in [5.74, 6) is 8.27. The van der Waals surface area contributed by atoms with E-state index in [1.807, 2.05) is 36.4 Å². The van der Waals surface area contributed by atoms with E-state index in [4.69, 9.17) is 29.2 Å². The van der Waals surface area contributed by atoms with Crippen LogP contribution < -0.4 is 14.2 Å². The van der Waals surface area contributed by atoms with Crippen LogP contribution in [0.3, 0.4) is 0 Å². The molecule has 6 heterocycles. The fourth-order valence-corrected chi connectivity index (χ4v) is 20.0. The first-order chi connectivity index (χ1) is 60.4. The molecular formula is C113H76N6O3. The Morgan fingerprint density at radius 2 is 0.484 bits per heavy atom. The Morgan fingerprint density at radius 1 is 0.205 bits per heavy atom. The summed E-state index contributed by atoms with van der Waals surface area (Å²) in [6, 6.07) is 132. The molecule has 0 fully saturated rings. The lowest BCUT2D eigenvalue weighted by Crippen LogP contribution is -2.07. The maximum atomic E-state index is 6.57.